The van der Waals surface area contributed by atoms with E-state index in [4.69, 9.17) is 16.9 Å². The van der Waals surface area contributed by atoms with E-state index in [-0.39, 0.29) is 0 Å². The molecule has 0 radical (unpaired) electrons. The van der Waals surface area contributed by atoms with E-state index in [1.54, 1.807) is 12.1 Å². The molecule has 0 fully saturated rings. The lowest BCUT2D eigenvalue weighted by Crippen LogP contribution is -1.98. The second kappa shape index (κ2) is 4.34. The lowest BCUT2D eigenvalue weighted by molar-refractivity contribution is 0.985. The van der Waals surface area contributed by atoms with Crippen LogP contribution in [0.4, 0.5) is 0 Å². The number of nitriles is 1. The molecule has 0 saturated heterocycles. The van der Waals surface area contributed by atoms with E-state index in [1.165, 1.54) is 6.33 Å². The van der Waals surface area contributed by atoms with E-state index in [2.05, 4.69) is 21.0 Å². The highest BCUT2D eigenvalue weighted by Gasteiger charge is 2.13. The predicted octanol–water partition coefficient (Wildman–Crippen LogP) is 2.65. The summed E-state index contributed by atoms with van der Waals surface area (Å²) in [4.78, 5) is 12.5. The maximum Gasteiger partial charge on any atom is 0.169 e. The number of aromatic nitrogens is 4. The highest BCUT2D eigenvalue weighted by molar-refractivity contribution is 6.33. The third-order valence-corrected chi connectivity index (χ3v) is 3.10. The van der Waals surface area contributed by atoms with Crippen molar-refractivity contribution in [2.24, 2.45) is 0 Å². The molecule has 6 heteroatoms. The highest BCUT2D eigenvalue weighted by atomic mass is 35.5. The van der Waals surface area contributed by atoms with Gasteiger partial charge in [-0.1, -0.05) is 11.6 Å². The highest BCUT2D eigenvalue weighted by Crippen LogP contribution is 2.23. The standard InChI is InChI=1S/C13H8ClN5/c1-8-18-11-12(14)16-7-17-13(11)19(8)10-4-2-9(6-15)3-5-10/h2-5,7H,1H3. The predicted molar refractivity (Wildman–Crippen MR) is 71.1 cm³/mol. The van der Waals surface area contributed by atoms with Gasteiger partial charge in [0.15, 0.2) is 10.8 Å². The molecule has 3 aromatic rings. The van der Waals surface area contributed by atoms with Crippen LogP contribution in [0.5, 0.6) is 0 Å². The SMILES string of the molecule is Cc1nc2c(Cl)ncnc2n1-c1ccc(C#N)cc1. The Labute approximate surface area is 114 Å². The molecule has 0 aliphatic rings. The molecule has 92 valence electrons. The first kappa shape index (κ1) is 11.6. The van der Waals surface area contributed by atoms with Crippen LogP contribution >= 0.6 is 11.6 Å². The van der Waals surface area contributed by atoms with Gasteiger partial charge < -0.3 is 0 Å². The molecule has 0 saturated carbocycles. The van der Waals surface area contributed by atoms with E-state index in [1.807, 2.05) is 23.6 Å². The van der Waals surface area contributed by atoms with Crippen molar-refractivity contribution in [3.8, 4) is 11.8 Å². The van der Waals surface area contributed by atoms with Crippen LogP contribution < -0.4 is 0 Å². The Kier molecular flexibility index (Phi) is 2.65. The maximum atomic E-state index is 8.81. The quantitative estimate of drug-likeness (QED) is 0.637. The van der Waals surface area contributed by atoms with Crippen molar-refractivity contribution in [1.82, 2.24) is 19.5 Å². The molecule has 0 amide bonds. The molecular weight excluding hydrogens is 262 g/mol. The first-order valence-corrected chi connectivity index (χ1v) is 5.94. The molecule has 2 heterocycles. The minimum absolute atomic E-state index is 0.334. The maximum absolute atomic E-state index is 8.81. The summed E-state index contributed by atoms with van der Waals surface area (Å²) in [5.41, 5.74) is 2.72. The van der Waals surface area contributed by atoms with Crippen LogP contribution in [0, 0.1) is 18.3 Å². The van der Waals surface area contributed by atoms with E-state index in [0.29, 0.717) is 21.9 Å². The molecule has 2 aromatic heterocycles. The van der Waals surface area contributed by atoms with Gasteiger partial charge in [-0.05, 0) is 31.2 Å². The molecule has 0 aliphatic heterocycles. The number of benzene rings is 1. The van der Waals surface area contributed by atoms with Crippen molar-refractivity contribution >= 4 is 22.8 Å². The summed E-state index contributed by atoms with van der Waals surface area (Å²) in [6.45, 7) is 1.87. The minimum Gasteiger partial charge on any atom is -0.281 e. The first-order valence-electron chi connectivity index (χ1n) is 5.57. The van der Waals surface area contributed by atoms with Crippen LogP contribution in [0.15, 0.2) is 30.6 Å². The van der Waals surface area contributed by atoms with Gasteiger partial charge in [-0.15, -0.1) is 0 Å². The molecule has 0 spiro atoms. The molecule has 0 N–H and O–H groups in total. The third-order valence-electron chi connectivity index (χ3n) is 2.82. The van der Waals surface area contributed by atoms with Crippen molar-refractivity contribution in [2.45, 2.75) is 6.92 Å². The average molecular weight is 270 g/mol. The summed E-state index contributed by atoms with van der Waals surface area (Å²) in [6, 6.07) is 9.30. The van der Waals surface area contributed by atoms with Crippen LogP contribution in [0.1, 0.15) is 11.4 Å². The van der Waals surface area contributed by atoms with E-state index in [0.717, 1.165) is 11.5 Å². The normalized spacial score (nSPS) is 10.6. The lowest BCUT2D eigenvalue weighted by atomic mass is 10.2. The molecule has 1 aromatic carbocycles. The molecule has 0 atom stereocenters. The van der Waals surface area contributed by atoms with Crippen LogP contribution in [0.3, 0.4) is 0 Å². The van der Waals surface area contributed by atoms with Gasteiger partial charge in [0.2, 0.25) is 0 Å². The number of hydrogen-bond acceptors (Lipinski definition) is 4. The summed E-state index contributed by atoms with van der Waals surface area (Å²) in [5.74, 6) is 0.766. The molecule has 0 aliphatic carbocycles. The Hall–Kier alpha value is -2.45. The van der Waals surface area contributed by atoms with Crippen LogP contribution in [-0.2, 0) is 0 Å². The van der Waals surface area contributed by atoms with Gasteiger partial charge in [0.05, 0.1) is 11.6 Å². The summed E-state index contributed by atoms with van der Waals surface area (Å²) in [5, 5.41) is 9.15. The van der Waals surface area contributed by atoms with E-state index >= 15 is 0 Å². The van der Waals surface area contributed by atoms with Gasteiger partial charge in [0.1, 0.15) is 17.7 Å². The van der Waals surface area contributed by atoms with Crippen LogP contribution in [0.25, 0.3) is 16.9 Å². The fourth-order valence-corrected chi connectivity index (χ4v) is 2.14. The zero-order chi connectivity index (χ0) is 13.4. The van der Waals surface area contributed by atoms with Crippen LogP contribution in [0.2, 0.25) is 5.15 Å². The van der Waals surface area contributed by atoms with E-state index < -0.39 is 0 Å². The fraction of sp³-hybridized carbons (Fsp3) is 0.0769. The van der Waals surface area contributed by atoms with Gasteiger partial charge in [0, 0.05) is 5.69 Å². The first-order chi connectivity index (χ1) is 9.20. The van der Waals surface area contributed by atoms with Crippen LogP contribution in [-0.4, -0.2) is 19.5 Å². The average Bonchev–Trinajstić information content (AvgIpc) is 2.77. The number of rotatable bonds is 1. The number of imidazole rings is 1. The zero-order valence-electron chi connectivity index (χ0n) is 10.0. The van der Waals surface area contributed by atoms with Crippen molar-refractivity contribution in [2.75, 3.05) is 0 Å². The zero-order valence-corrected chi connectivity index (χ0v) is 10.8. The van der Waals surface area contributed by atoms with Gasteiger partial charge in [0.25, 0.3) is 0 Å². The van der Waals surface area contributed by atoms with Crippen molar-refractivity contribution in [3.05, 3.63) is 47.1 Å². The second-order valence-corrected chi connectivity index (χ2v) is 4.35. The number of aryl methyl sites for hydroxylation is 1. The Morgan fingerprint density at radius 1 is 1.21 bits per heavy atom. The van der Waals surface area contributed by atoms with Gasteiger partial charge in [-0.2, -0.15) is 5.26 Å². The number of fused-ring (bicyclic) bond motifs is 1. The summed E-state index contributed by atoms with van der Waals surface area (Å²) >= 11 is 6.01. The summed E-state index contributed by atoms with van der Waals surface area (Å²) in [6.07, 6.45) is 1.41. The van der Waals surface area contributed by atoms with Gasteiger partial charge in [-0.25, -0.2) is 15.0 Å². The van der Waals surface area contributed by atoms with Gasteiger partial charge >= 0.3 is 0 Å². The molecule has 0 unspecified atom stereocenters. The monoisotopic (exact) mass is 269 g/mol. The van der Waals surface area contributed by atoms with Gasteiger partial charge in [-0.3, -0.25) is 4.57 Å². The minimum atomic E-state index is 0.334. The Morgan fingerprint density at radius 3 is 2.63 bits per heavy atom. The lowest BCUT2D eigenvalue weighted by Gasteiger charge is -2.05. The van der Waals surface area contributed by atoms with Crippen molar-refractivity contribution in [3.63, 3.8) is 0 Å². The molecule has 19 heavy (non-hydrogen) atoms. The Morgan fingerprint density at radius 2 is 1.95 bits per heavy atom. The molecule has 5 nitrogen and oxygen atoms in total. The Balaban J connectivity index is 2.27. The number of nitrogens with zero attached hydrogens (tertiary/aromatic N) is 5. The van der Waals surface area contributed by atoms with Crippen molar-refractivity contribution in [1.29, 1.82) is 5.26 Å². The number of halogens is 1. The Bertz CT molecular complexity index is 798. The number of hydrogen-bond donors (Lipinski definition) is 0. The topological polar surface area (TPSA) is 67.4 Å². The second-order valence-electron chi connectivity index (χ2n) is 3.99. The van der Waals surface area contributed by atoms with E-state index in [9.17, 15) is 0 Å². The summed E-state index contributed by atoms with van der Waals surface area (Å²) in [7, 11) is 0. The smallest absolute Gasteiger partial charge is 0.169 e. The molecule has 3 rings (SSSR count). The fourth-order valence-electron chi connectivity index (χ4n) is 1.97. The summed E-state index contributed by atoms with van der Waals surface area (Å²) < 4.78 is 1.88. The molecular formula is C13H8ClN5. The molecule has 0 bridgehead atoms. The third kappa shape index (κ3) is 1.83. The van der Waals surface area contributed by atoms with Crippen molar-refractivity contribution < 1.29 is 0 Å². The largest absolute Gasteiger partial charge is 0.281 e.